The highest BCUT2D eigenvalue weighted by Gasteiger charge is 2.34. The molecule has 1 aromatic rings. The van der Waals surface area contributed by atoms with Gasteiger partial charge in [0.2, 0.25) is 11.8 Å². The van der Waals surface area contributed by atoms with Crippen molar-refractivity contribution in [2.75, 3.05) is 26.7 Å². The highest BCUT2D eigenvalue weighted by atomic mass is 16.5. The van der Waals surface area contributed by atoms with Crippen molar-refractivity contribution in [2.24, 2.45) is 5.92 Å². The van der Waals surface area contributed by atoms with Gasteiger partial charge in [-0.2, -0.15) is 0 Å². The van der Waals surface area contributed by atoms with Gasteiger partial charge in [0.25, 0.3) is 5.91 Å². The Kier molecular flexibility index (Phi) is 8.21. The second-order valence-electron chi connectivity index (χ2n) is 7.77. The summed E-state index contributed by atoms with van der Waals surface area (Å²) in [6.45, 7) is 7.62. The quantitative estimate of drug-likeness (QED) is 0.690. The first-order valence-corrected chi connectivity index (χ1v) is 10.2. The summed E-state index contributed by atoms with van der Waals surface area (Å²) in [5.74, 6) is 5.20. The van der Waals surface area contributed by atoms with Crippen molar-refractivity contribution in [2.45, 2.75) is 52.4 Å². The van der Waals surface area contributed by atoms with E-state index < -0.39 is 12.1 Å². The van der Waals surface area contributed by atoms with Crippen LogP contribution >= 0.6 is 0 Å². The summed E-state index contributed by atoms with van der Waals surface area (Å²) in [5.41, 5.74) is 0.723. The van der Waals surface area contributed by atoms with E-state index in [4.69, 9.17) is 4.74 Å². The first kappa shape index (κ1) is 23.6. The third kappa shape index (κ3) is 5.71. The van der Waals surface area contributed by atoms with Crippen molar-refractivity contribution in [3.8, 4) is 17.7 Å². The maximum atomic E-state index is 13.2. The topological polar surface area (TPSA) is 103 Å². The largest absolute Gasteiger partial charge is 0.472 e. The van der Waals surface area contributed by atoms with Crippen LogP contribution in [0, 0.1) is 17.8 Å². The first-order valence-electron chi connectivity index (χ1n) is 10.2. The molecular weight excluding hydrogens is 386 g/mol. The van der Waals surface area contributed by atoms with Gasteiger partial charge in [-0.15, -0.1) is 0 Å². The summed E-state index contributed by atoms with van der Waals surface area (Å²) in [6, 6.07) is 1.19. The minimum atomic E-state index is -0.804. The molecule has 1 aliphatic heterocycles. The number of carbonyl (C=O) groups is 2. The summed E-state index contributed by atoms with van der Waals surface area (Å²) >= 11 is 0. The van der Waals surface area contributed by atoms with Crippen LogP contribution in [0.25, 0.3) is 0 Å². The number of hydrogen-bond donors (Lipinski definition) is 2. The molecule has 0 bridgehead atoms. The van der Waals surface area contributed by atoms with Crippen molar-refractivity contribution >= 4 is 11.8 Å². The molecule has 1 aromatic heterocycles. The summed E-state index contributed by atoms with van der Waals surface area (Å²) in [7, 11) is 1.73. The first-order chi connectivity index (χ1) is 14.2. The zero-order chi connectivity index (χ0) is 22.4. The SMILES string of the molecule is CCC(=O)N(C)C[C@H]1Oc2ncc(C#C[C@H](C)O)cc2C(=O)N([C@@H](C)CO)C[C@H]1C. The molecule has 0 unspecified atom stereocenters. The number of aromatic nitrogens is 1. The minimum absolute atomic E-state index is 0.00134. The molecule has 0 aliphatic carbocycles. The maximum Gasteiger partial charge on any atom is 0.259 e. The van der Waals surface area contributed by atoms with Gasteiger partial charge in [-0.05, 0) is 19.9 Å². The van der Waals surface area contributed by atoms with Gasteiger partial charge in [-0.25, -0.2) is 4.98 Å². The van der Waals surface area contributed by atoms with Gasteiger partial charge in [-0.3, -0.25) is 9.59 Å². The highest BCUT2D eigenvalue weighted by Crippen LogP contribution is 2.27. The van der Waals surface area contributed by atoms with Gasteiger partial charge in [-0.1, -0.05) is 25.7 Å². The normalized spacial score (nSPS) is 20.6. The van der Waals surface area contributed by atoms with Gasteiger partial charge in [0.05, 0.1) is 19.2 Å². The Bertz CT molecular complexity index is 830. The third-order valence-corrected chi connectivity index (χ3v) is 5.13. The fraction of sp³-hybridized carbons (Fsp3) is 0.591. The lowest BCUT2D eigenvalue weighted by atomic mass is 10.00. The van der Waals surface area contributed by atoms with E-state index in [1.807, 2.05) is 6.92 Å². The summed E-state index contributed by atoms with van der Waals surface area (Å²) in [4.78, 5) is 32.8. The molecular formula is C22H31N3O5. The third-order valence-electron chi connectivity index (χ3n) is 5.13. The predicted octanol–water partition coefficient (Wildman–Crippen LogP) is 0.902. The molecule has 0 fully saturated rings. The van der Waals surface area contributed by atoms with E-state index in [0.717, 1.165) is 0 Å². The number of rotatable bonds is 5. The van der Waals surface area contributed by atoms with E-state index in [-0.39, 0.29) is 41.9 Å². The molecule has 0 spiro atoms. The number of nitrogens with zero attached hydrogens (tertiary/aromatic N) is 3. The van der Waals surface area contributed by atoms with Crippen molar-refractivity contribution in [3.63, 3.8) is 0 Å². The molecule has 8 heteroatoms. The van der Waals surface area contributed by atoms with Crippen LogP contribution in [0.2, 0.25) is 0 Å². The Labute approximate surface area is 177 Å². The molecule has 164 valence electrons. The Morgan fingerprint density at radius 1 is 1.47 bits per heavy atom. The standard InChI is InChI=1S/C22H31N3O5/c1-6-20(28)24(5)12-19-14(2)11-25(15(3)13-26)22(29)18-9-17(8-7-16(4)27)10-23-21(18)30-19/h9-10,14-16,19,26-27H,6,11-13H2,1-5H3/t14-,15+,16+,19-/m1/s1. The zero-order valence-corrected chi connectivity index (χ0v) is 18.3. The maximum absolute atomic E-state index is 13.2. The van der Waals surface area contributed by atoms with E-state index in [1.54, 1.807) is 43.7 Å². The monoisotopic (exact) mass is 417 g/mol. The molecule has 2 amide bonds. The second-order valence-corrected chi connectivity index (χ2v) is 7.77. The molecule has 1 aliphatic rings. The van der Waals surface area contributed by atoms with Gasteiger partial charge in [0.1, 0.15) is 17.8 Å². The Morgan fingerprint density at radius 2 is 2.17 bits per heavy atom. The average Bonchev–Trinajstić information content (AvgIpc) is 2.73. The molecule has 4 atom stereocenters. The van der Waals surface area contributed by atoms with Crippen LogP contribution in [0.3, 0.4) is 0 Å². The number of pyridine rings is 1. The van der Waals surface area contributed by atoms with Crippen LogP contribution in [-0.2, 0) is 4.79 Å². The highest BCUT2D eigenvalue weighted by molar-refractivity contribution is 5.97. The summed E-state index contributed by atoms with van der Waals surface area (Å²) in [5, 5.41) is 19.1. The molecule has 2 rings (SSSR count). The number of amides is 2. The predicted molar refractivity (Wildman–Crippen MR) is 112 cm³/mol. The number of carbonyl (C=O) groups excluding carboxylic acids is 2. The van der Waals surface area contributed by atoms with Crippen LogP contribution in [0.5, 0.6) is 5.88 Å². The van der Waals surface area contributed by atoms with Gasteiger partial charge >= 0.3 is 0 Å². The van der Waals surface area contributed by atoms with Gasteiger partial charge < -0.3 is 24.7 Å². The fourth-order valence-electron chi connectivity index (χ4n) is 3.22. The lowest BCUT2D eigenvalue weighted by Gasteiger charge is -2.37. The van der Waals surface area contributed by atoms with Crippen LogP contribution in [0.4, 0.5) is 0 Å². The van der Waals surface area contributed by atoms with E-state index in [2.05, 4.69) is 16.8 Å². The van der Waals surface area contributed by atoms with Crippen molar-refractivity contribution in [3.05, 3.63) is 23.4 Å². The lowest BCUT2D eigenvalue weighted by Crippen LogP contribution is -2.50. The molecule has 8 nitrogen and oxygen atoms in total. The molecule has 2 N–H and O–H groups in total. The molecule has 0 aromatic carbocycles. The van der Waals surface area contributed by atoms with Crippen LogP contribution in [0.15, 0.2) is 12.3 Å². The Hall–Kier alpha value is -2.63. The number of aliphatic hydroxyl groups is 2. The van der Waals surface area contributed by atoms with Gasteiger partial charge in [0.15, 0.2) is 0 Å². The Morgan fingerprint density at radius 3 is 2.77 bits per heavy atom. The molecule has 0 saturated carbocycles. The minimum Gasteiger partial charge on any atom is -0.472 e. The molecule has 0 saturated heterocycles. The number of likely N-dealkylation sites (N-methyl/N-ethyl adjacent to an activating group) is 1. The van der Waals surface area contributed by atoms with E-state index in [1.165, 1.54) is 6.20 Å². The zero-order valence-electron chi connectivity index (χ0n) is 18.3. The number of aliphatic hydroxyl groups excluding tert-OH is 2. The van der Waals surface area contributed by atoms with Gasteiger partial charge in [0, 0.05) is 37.7 Å². The van der Waals surface area contributed by atoms with Crippen LogP contribution in [0.1, 0.15) is 50.0 Å². The fourth-order valence-corrected chi connectivity index (χ4v) is 3.22. The van der Waals surface area contributed by atoms with E-state index in [0.29, 0.717) is 25.1 Å². The number of hydrogen-bond acceptors (Lipinski definition) is 6. The Balaban J connectivity index is 2.47. The van der Waals surface area contributed by atoms with E-state index >= 15 is 0 Å². The number of fused-ring (bicyclic) bond motifs is 1. The molecule has 2 heterocycles. The lowest BCUT2D eigenvalue weighted by molar-refractivity contribution is -0.131. The summed E-state index contributed by atoms with van der Waals surface area (Å²) < 4.78 is 6.11. The second kappa shape index (κ2) is 10.4. The van der Waals surface area contributed by atoms with Crippen LogP contribution < -0.4 is 4.74 Å². The average molecular weight is 418 g/mol. The molecule has 0 radical (unpaired) electrons. The number of ether oxygens (including phenoxy) is 1. The molecule has 30 heavy (non-hydrogen) atoms. The van der Waals surface area contributed by atoms with Crippen molar-refractivity contribution < 1.29 is 24.5 Å². The van der Waals surface area contributed by atoms with Crippen LogP contribution in [-0.4, -0.2) is 81.8 Å². The van der Waals surface area contributed by atoms with E-state index in [9.17, 15) is 19.8 Å². The van der Waals surface area contributed by atoms with Crippen molar-refractivity contribution in [1.82, 2.24) is 14.8 Å². The summed E-state index contributed by atoms with van der Waals surface area (Å²) in [6.07, 6.45) is 0.699. The smallest absolute Gasteiger partial charge is 0.259 e. The van der Waals surface area contributed by atoms with Crippen molar-refractivity contribution in [1.29, 1.82) is 0 Å².